The Hall–Kier alpha value is -1.19. The van der Waals surface area contributed by atoms with Crippen LogP contribution in [0, 0.1) is 6.92 Å². The Labute approximate surface area is 178 Å². The third kappa shape index (κ3) is 8.95. The standard InChI is InChI=1S/C19H29N5S.HI/c1-4-20-19(23-14-18-22-13-16(2)25-18)21-11-8-12-24(3)15-17-9-6-5-7-10-17;/h5-7,9-10,13H,4,8,11-12,14-15H2,1-3H3,(H2,20,21,23);1H. The minimum Gasteiger partial charge on any atom is -0.357 e. The largest absolute Gasteiger partial charge is 0.357 e. The van der Waals surface area contributed by atoms with Gasteiger partial charge in [-0.25, -0.2) is 9.98 Å². The summed E-state index contributed by atoms with van der Waals surface area (Å²) in [4.78, 5) is 12.5. The Morgan fingerprint density at radius 1 is 1.23 bits per heavy atom. The van der Waals surface area contributed by atoms with Crippen LogP contribution in [-0.2, 0) is 13.1 Å². The van der Waals surface area contributed by atoms with Gasteiger partial charge in [-0.3, -0.25) is 0 Å². The first-order chi connectivity index (χ1) is 12.2. The number of hydrogen-bond donors (Lipinski definition) is 2. The number of rotatable bonds is 9. The van der Waals surface area contributed by atoms with Crippen LogP contribution in [0.15, 0.2) is 41.5 Å². The van der Waals surface area contributed by atoms with Crippen molar-refractivity contribution in [3.63, 3.8) is 0 Å². The molecule has 0 fully saturated rings. The van der Waals surface area contributed by atoms with Gasteiger partial charge in [-0.2, -0.15) is 0 Å². The molecule has 0 saturated carbocycles. The quantitative estimate of drug-likeness (QED) is 0.246. The van der Waals surface area contributed by atoms with E-state index in [9.17, 15) is 0 Å². The smallest absolute Gasteiger partial charge is 0.191 e. The molecule has 0 spiro atoms. The fourth-order valence-corrected chi connectivity index (χ4v) is 3.20. The summed E-state index contributed by atoms with van der Waals surface area (Å²) in [6.07, 6.45) is 2.97. The van der Waals surface area contributed by atoms with E-state index in [4.69, 9.17) is 0 Å². The van der Waals surface area contributed by atoms with Crippen LogP contribution in [0.25, 0.3) is 0 Å². The monoisotopic (exact) mass is 487 g/mol. The van der Waals surface area contributed by atoms with Crippen molar-refractivity contribution in [2.24, 2.45) is 4.99 Å². The molecule has 0 aliphatic heterocycles. The van der Waals surface area contributed by atoms with Crippen LogP contribution >= 0.6 is 35.3 Å². The Morgan fingerprint density at radius 3 is 2.65 bits per heavy atom. The molecule has 2 N–H and O–H groups in total. The SMILES string of the molecule is CCNC(=NCc1ncc(C)s1)NCCCN(C)Cc1ccccc1.I. The van der Waals surface area contributed by atoms with E-state index in [0.29, 0.717) is 6.54 Å². The van der Waals surface area contributed by atoms with Crippen LogP contribution in [0.3, 0.4) is 0 Å². The lowest BCUT2D eigenvalue weighted by atomic mass is 10.2. The summed E-state index contributed by atoms with van der Waals surface area (Å²) < 4.78 is 0. The van der Waals surface area contributed by atoms with E-state index >= 15 is 0 Å². The summed E-state index contributed by atoms with van der Waals surface area (Å²) in [5.74, 6) is 0.862. The molecule has 0 radical (unpaired) electrons. The Balaban J connectivity index is 0.00000338. The van der Waals surface area contributed by atoms with E-state index in [1.807, 2.05) is 6.20 Å². The maximum Gasteiger partial charge on any atom is 0.191 e. The molecule has 26 heavy (non-hydrogen) atoms. The summed E-state index contributed by atoms with van der Waals surface area (Å²) >= 11 is 1.70. The fraction of sp³-hybridized carbons (Fsp3) is 0.474. The van der Waals surface area contributed by atoms with Gasteiger partial charge >= 0.3 is 0 Å². The van der Waals surface area contributed by atoms with Crippen molar-refractivity contribution in [2.75, 3.05) is 26.7 Å². The molecule has 0 aliphatic carbocycles. The summed E-state index contributed by atoms with van der Waals surface area (Å²) in [6.45, 7) is 8.57. The van der Waals surface area contributed by atoms with Gasteiger partial charge in [0.1, 0.15) is 5.01 Å². The normalized spacial score (nSPS) is 11.3. The van der Waals surface area contributed by atoms with E-state index in [1.165, 1.54) is 10.4 Å². The van der Waals surface area contributed by atoms with Gasteiger partial charge in [-0.1, -0.05) is 30.3 Å². The van der Waals surface area contributed by atoms with Gasteiger partial charge in [0, 0.05) is 30.7 Å². The maximum absolute atomic E-state index is 4.61. The summed E-state index contributed by atoms with van der Waals surface area (Å²) in [5.41, 5.74) is 1.35. The van der Waals surface area contributed by atoms with Crippen molar-refractivity contribution in [3.8, 4) is 0 Å². The van der Waals surface area contributed by atoms with Crippen LogP contribution < -0.4 is 10.6 Å². The molecular weight excluding hydrogens is 457 g/mol. The number of benzene rings is 1. The molecule has 0 aliphatic rings. The number of nitrogens with zero attached hydrogens (tertiary/aromatic N) is 3. The molecule has 0 saturated heterocycles. The molecule has 144 valence electrons. The van der Waals surface area contributed by atoms with Crippen LogP contribution in [0.2, 0.25) is 0 Å². The third-order valence-electron chi connectivity index (χ3n) is 3.69. The zero-order valence-electron chi connectivity index (χ0n) is 15.9. The van der Waals surface area contributed by atoms with Crippen molar-refractivity contribution in [3.05, 3.63) is 52.0 Å². The van der Waals surface area contributed by atoms with Crippen LogP contribution in [0.1, 0.15) is 28.8 Å². The number of aryl methyl sites for hydroxylation is 1. The molecule has 7 heteroatoms. The molecule has 2 aromatic rings. The van der Waals surface area contributed by atoms with E-state index in [2.05, 4.69) is 76.7 Å². The third-order valence-corrected chi connectivity index (χ3v) is 4.59. The first-order valence-electron chi connectivity index (χ1n) is 8.83. The van der Waals surface area contributed by atoms with Crippen LogP contribution in [-0.4, -0.2) is 42.5 Å². The zero-order valence-corrected chi connectivity index (χ0v) is 19.0. The van der Waals surface area contributed by atoms with E-state index < -0.39 is 0 Å². The van der Waals surface area contributed by atoms with Gasteiger partial charge in [0.15, 0.2) is 5.96 Å². The maximum atomic E-state index is 4.61. The fourth-order valence-electron chi connectivity index (χ4n) is 2.49. The number of aromatic nitrogens is 1. The second kappa shape index (κ2) is 13.1. The van der Waals surface area contributed by atoms with Gasteiger partial charge in [0.25, 0.3) is 0 Å². The summed E-state index contributed by atoms with van der Waals surface area (Å²) in [5, 5.41) is 7.75. The van der Waals surface area contributed by atoms with Crippen molar-refractivity contribution in [2.45, 2.75) is 33.4 Å². The highest BCUT2D eigenvalue weighted by atomic mass is 127. The number of thiazole rings is 1. The molecule has 1 heterocycles. The van der Waals surface area contributed by atoms with Gasteiger partial charge in [0.05, 0.1) is 6.54 Å². The first-order valence-corrected chi connectivity index (χ1v) is 9.65. The lowest BCUT2D eigenvalue weighted by molar-refractivity contribution is 0.322. The highest BCUT2D eigenvalue weighted by Crippen LogP contribution is 2.11. The lowest BCUT2D eigenvalue weighted by Gasteiger charge is -2.17. The molecule has 2 rings (SSSR count). The first kappa shape index (κ1) is 22.9. The number of hydrogen-bond acceptors (Lipinski definition) is 4. The van der Waals surface area contributed by atoms with E-state index in [-0.39, 0.29) is 24.0 Å². The minimum absolute atomic E-state index is 0. The average molecular weight is 487 g/mol. The van der Waals surface area contributed by atoms with Gasteiger partial charge in [-0.15, -0.1) is 35.3 Å². The minimum atomic E-state index is 0. The van der Waals surface area contributed by atoms with Crippen molar-refractivity contribution in [1.29, 1.82) is 0 Å². The van der Waals surface area contributed by atoms with Gasteiger partial charge in [0.2, 0.25) is 0 Å². The van der Waals surface area contributed by atoms with Crippen LogP contribution in [0.4, 0.5) is 0 Å². The summed E-state index contributed by atoms with van der Waals surface area (Å²) in [6, 6.07) is 10.6. The highest BCUT2D eigenvalue weighted by molar-refractivity contribution is 14.0. The van der Waals surface area contributed by atoms with E-state index in [0.717, 1.165) is 43.6 Å². The van der Waals surface area contributed by atoms with Gasteiger partial charge < -0.3 is 15.5 Å². The molecule has 0 amide bonds. The molecular formula is C19H30IN5S. The van der Waals surface area contributed by atoms with Crippen molar-refractivity contribution in [1.82, 2.24) is 20.5 Å². The molecule has 0 bridgehead atoms. The van der Waals surface area contributed by atoms with Gasteiger partial charge in [-0.05, 0) is 39.4 Å². The molecule has 0 unspecified atom stereocenters. The molecule has 1 aromatic heterocycles. The Bertz CT molecular complexity index is 644. The predicted molar refractivity (Wildman–Crippen MR) is 122 cm³/mol. The number of guanidine groups is 1. The number of halogens is 1. The second-order valence-corrected chi connectivity index (χ2v) is 7.38. The molecule has 0 atom stereocenters. The van der Waals surface area contributed by atoms with Crippen molar-refractivity contribution < 1.29 is 0 Å². The topological polar surface area (TPSA) is 52.6 Å². The van der Waals surface area contributed by atoms with Crippen LogP contribution in [0.5, 0.6) is 0 Å². The lowest BCUT2D eigenvalue weighted by Crippen LogP contribution is -2.38. The molecule has 1 aromatic carbocycles. The Kier molecular flexibility index (Phi) is 11.5. The molecule has 5 nitrogen and oxygen atoms in total. The van der Waals surface area contributed by atoms with E-state index in [1.54, 1.807) is 11.3 Å². The number of aliphatic imine (C=N–C) groups is 1. The summed E-state index contributed by atoms with van der Waals surface area (Å²) in [7, 11) is 2.16. The van der Waals surface area contributed by atoms with Crippen molar-refractivity contribution >= 4 is 41.3 Å². The average Bonchev–Trinajstić information content (AvgIpc) is 3.02. The zero-order chi connectivity index (χ0) is 17.9. The Morgan fingerprint density at radius 2 is 2.00 bits per heavy atom. The second-order valence-electron chi connectivity index (χ2n) is 6.06. The predicted octanol–water partition coefficient (Wildman–Crippen LogP) is 3.65. The highest BCUT2D eigenvalue weighted by Gasteiger charge is 2.02. The number of nitrogens with one attached hydrogen (secondary N) is 2.